The highest BCUT2D eigenvalue weighted by molar-refractivity contribution is 5.85. The van der Waals surface area contributed by atoms with E-state index in [-0.39, 0.29) is 23.7 Å². The number of methoxy groups -OCH3 is 1. The summed E-state index contributed by atoms with van der Waals surface area (Å²) in [5, 5.41) is 11.4. The summed E-state index contributed by atoms with van der Waals surface area (Å²) < 4.78 is 45.6. The van der Waals surface area contributed by atoms with Gasteiger partial charge in [0.15, 0.2) is 0 Å². The van der Waals surface area contributed by atoms with E-state index in [9.17, 15) is 22.8 Å². The molecule has 0 aliphatic carbocycles. The van der Waals surface area contributed by atoms with Gasteiger partial charge in [0.25, 0.3) is 0 Å². The van der Waals surface area contributed by atoms with Gasteiger partial charge in [0.2, 0.25) is 5.91 Å². The monoisotopic (exact) mass is 349 g/mol. The first-order valence-electron chi connectivity index (χ1n) is 6.98. The van der Waals surface area contributed by atoms with Crippen LogP contribution in [0.3, 0.4) is 0 Å². The van der Waals surface area contributed by atoms with Crippen LogP contribution in [0.4, 0.5) is 13.2 Å². The van der Waals surface area contributed by atoms with Gasteiger partial charge < -0.3 is 19.9 Å². The third-order valence-corrected chi connectivity index (χ3v) is 3.09. The van der Waals surface area contributed by atoms with Crippen molar-refractivity contribution >= 4 is 11.9 Å². The van der Waals surface area contributed by atoms with Crippen LogP contribution in [0.25, 0.3) is 0 Å². The van der Waals surface area contributed by atoms with Gasteiger partial charge in [-0.1, -0.05) is 13.8 Å². The van der Waals surface area contributed by atoms with Crippen molar-refractivity contribution in [1.29, 1.82) is 0 Å². The van der Waals surface area contributed by atoms with E-state index in [1.807, 2.05) is 0 Å². The van der Waals surface area contributed by atoms with Gasteiger partial charge in [-0.2, -0.15) is 0 Å². The van der Waals surface area contributed by atoms with Crippen LogP contribution in [-0.2, 0) is 16.0 Å². The van der Waals surface area contributed by atoms with Crippen molar-refractivity contribution in [1.82, 2.24) is 5.32 Å². The van der Waals surface area contributed by atoms with Crippen molar-refractivity contribution in [2.45, 2.75) is 32.7 Å². The van der Waals surface area contributed by atoms with Gasteiger partial charge in [0.05, 0.1) is 13.5 Å². The summed E-state index contributed by atoms with van der Waals surface area (Å²) in [6.07, 6.45) is -5.21. The summed E-state index contributed by atoms with van der Waals surface area (Å²) in [6.45, 7) is 3.24. The molecule has 134 valence electrons. The molecule has 0 saturated heterocycles. The number of carboxylic acid groups (broad SMARTS) is 1. The van der Waals surface area contributed by atoms with E-state index in [1.165, 1.54) is 13.2 Å². The lowest BCUT2D eigenvalue weighted by Gasteiger charge is -2.18. The molecule has 1 amide bonds. The fourth-order valence-electron chi connectivity index (χ4n) is 2.00. The maximum atomic E-state index is 12.3. The molecule has 0 bridgehead atoms. The smallest absolute Gasteiger partial charge is 0.496 e. The van der Waals surface area contributed by atoms with Crippen molar-refractivity contribution in [2.75, 3.05) is 7.11 Å². The number of alkyl halides is 3. The molecule has 2 N–H and O–H groups in total. The molecule has 1 atom stereocenters. The first-order valence-corrected chi connectivity index (χ1v) is 6.98. The zero-order valence-electron chi connectivity index (χ0n) is 13.3. The number of hydrogen-bond donors (Lipinski definition) is 2. The molecule has 0 aliphatic heterocycles. The van der Waals surface area contributed by atoms with E-state index in [4.69, 9.17) is 9.84 Å². The van der Waals surface area contributed by atoms with E-state index < -0.39 is 30.0 Å². The number of hydrogen-bond acceptors (Lipinski definition) is 4. The predicted molar refractivity (Wildman–Crippen MR) is 77.8 cm³/mol. The van der Waals surface area contributed by atoms with Crippen LogP contribution in [-0.4, -0.2) is 36.5 Å². The number of rotatable bonds is 7. The van der Waals surface area contributed by atoms with E-state index in [2.05, 4.69) is 10.1 Å². The summed E-state index contributed by atoms with van der Waals surface area (Å²) in [7, 11) is 1.30. The molecule has 6 nitrogen and oxygen atoms in total. The standard InChI is InChI=1S/C15H18F3NO5/c1-8(2)13(14(21)22)19-12(20)7-9-6-10(24-15(16,17)18)4-5-11(9)23-3/h4-6,8,13H,7H2,1-3H3,(H,19,20)(H,21,22)/t13-/m0/s1. The number of halogens is 3. The Bertz CT molecular complexity index is 601. The lowest BCUT2D eigenvalue weighted by molar-refractivity contribution is -0.274. The Morgan fingerprint density at radius 3 is 2.38 bits per heavy atom. The molecule has 1 rings (SSSR count). The largest absolute Gasteiger partial charge is 0.573 e. The van der Waals surface area contributed by atoms with E-state index in [0.29, 0.717) is 0 Å². The Balaban J connectivity index is 2.93. The van der Waals surface area contributed by atoms with Gasteiger partial charge in [-0.3, -0.25) is 4.79 Å². The van der Waals surface area contributed by atoms with Crippen LogP contribution in [0, 0.1) is 5.92 Å². The molecule has 0 unspecified atom stereocenters. The van der Waals surface area contributed by atoms with Crippen molar-refractivity contribution < 1.29 is 37.3 Å². The topological polar surface area (TPSA) is 84.9 Å². The van der Waals surface area contributed by atoms with Gasteiger partial charge in [-0.05, 0) is 24.1 Å². The lowest BCUT2D eigenvalue weighted by Crippen LogP contribution is -2.44. The Morgan fingerprint density at radius 2 is 1.92 bits per heavy atom. The quantitative estimate of drug-likeness (QED) is 0.789. The zero-order valence-corrected chi connectivity index (χ0v) is 13.3. The molecule has 9 heteroatoms. The second-order valence-corrected chi connectivity index (χ2v) is 5.33. The van der Waals surface area contributed by atoms with E-state index in [1.54, 1.807) is 13.8 Å². The van der Waals surface area contributed by atoms with Gasteiger partial charge in [-0.15, -0.1) is 13.2 Å². The highest BCUT2D eigenvalue weighted by atomic mass is 19.4. The first kappa shape index (κ1) is 19.6. The number of ether oxygens (including phenoxy) is 2. The minimum absolute atomic E-state index is 0.143. The number of aliphatic carboxylic acids is 1. The molecule has 0 heterocycles. The molecule has 24 heavy (non-hydrogen) atoms. The van der Waals surface area contributed by atoms with Crippen LogP contribution in [0.5, 0.6) is 11.5 Å². The summed E-state index contributed by atoms with van der Waals surface area (Å²) in [5.74, 6) is -2.51. The van der Waals surface area contributed by atoms with Crippen LogP contribution in [0.15, 0.2) is 18.2 Å². The molecule has 0 radical (unpaired) electrons. The minimum Gasteiger partial charge on any atom is -0.496 e. The molecule has 0 spiro atoms. The summed E-state index contributed by atoms with van der Waals surface area (Å²) in [6, 6.07) is 2.22. The highest BCUT2D eigenvalue weighted by Gasteiger charge is 2.31. The highest BCUT2D eigenvalue weighted by Crippen LogP contribution is 2.28. The van der Waals surface area contributed by atoms with Gasteiger partial charge in [0, 0.05) is 5.56 Å². The van der Waals surface area contributed by atoms with Crippen LogP contribution < -0.4 is 14.8 Å². The van der Waals surface area contributed by atoms with Crippen LogP contribution in [0.1, 0.15) is 19.4 Å². The Morgan fingerprint density at radius 1 is 1.29 bits per heavy atom. The number of benzene rings is 1. The number of carbonyl (C=O) groups excluding carboxylic acids is 1. The average molecular weight is 349 g/mol. The Labute approximate surface area is 136 Å². The number of carbonyl (C=O) groups is 2. The first-order chi connectivity index (χ1) is 11.0. The number of amides is 1. The normalized spacial score (nSPS) is 12.6. The molecule has 0 fully saturated rings. The summed E-state index contributed by atoms with van der Waals surface area (Å²) >= 11 is 0. The molecule has 0 saturated carbocycles. The Kier molecular flexibility index (Phi) is 6.44. The summed E-state index contributed by atoms with van der Waals surface area (Å²) in [5.41, 5.74) is 0.143. The molecule has 1 aromatic carbocycles. The molecular formula is C15H18F3NO5. The van der Waals surface area contributed by atoms with E-state index >= 15 is 0 Å². The number of nitrogens with one attached hydrogen (secondary N) is 1. The molecular weight excluding hydrogens is 331 g/mol. The maximum absolute atomic E-state index is 12.3. The number of carboxylic acids is 1. The SMILES string of the molecule is COc1ccc(OC(F)(F)F)cc1CC(=O)N[C@H](C(=O)O)C(C)C. The van der Waals surface area contributed by atoms with Gasteiger partial charge in [0.1, 0.15) is 17.5 Å². The van der Waals surface area contributed by atoms with Gasteiger partial charge >= 0.3 is 12.3 Å². The minimum atomic E-state index is -4.86. The zero-order chi connectivity index (χ0) is 18.5. The van der Waals surface area contributed by atoms with Crippen LogP contribution in [0.2, 0.25) is 0 Å². The average Bonchev–Trinajstić information content (AvgIpc) is 2.42. The Hall–Kier alpha value is -2.45. The fraction of sp³-hybridized carbons (Fsp3) is 0.467. The predicted octanol–water partition coefficient (Wildman–Crippen LogP) is 2.36. The summed E-state index contributed by atoms with van der Waals surface area (Å²) in [4.78, 5) is 23.1. The third-order valence-electron chi connectivity index (χ3n) is 3.09. The second-order valence-electron chi connectivity index (χ2n) is 5.33. The molecule has 0 aromatic heterocycles. The fourth-order valence-corrected chi connectivity index (χ4v) is 2.00. The van der Waals surface area contributed by atoms with Crippen molar-refractivity contribution in [3.8, 4) is 11.5 Å². The van der Waals surface area contributed by atoms with Crippen molar-refractivity contribution in [3.05, 3.63) is 23.8 Å². The molecule has 1 aromatic rings. The molecule has 0 aliphatic rings. The third kappa shape index (κ3) is 5.98. The maximum Gasteiger partial charge on any atom is 0.573 e. The van der Waals surface area contributed by atoms with Gasteiger partial charge in [-0.25, -0.2) is 4.79 Å². The lowest BCUT2D eigenvalue weighted by atomic mass is 10.0. The van der Waals surface area contributed by atoms with Crippen LogP contribution >= 0.6 is 0 Å². The van der Waals surface area contributed by atoms with E-state index in [0.717, 1.165) is 12.1 Å². The second kappa shape index (κ2) is 7.89. The van der Waals surface area contributed by atoms with Crippen molar-refractivity contribution in [3.63, 3.8) is 0 Å². The van der Waals surface area contributed by atoms with Crippen molar-refractivity contribution in [2.24, 2.45) is 5.92 Å².